The van der Waals surface area contributed by atoms with Gasteiger partial charge in [0.05, 0.1) is 11.0 Å². The van der Waals surface area contributed by atoms with E-state index in [1.54, 1.807) is 0 Å². The number of nitrogens with zero attached hydrogens (tertiary/aromatic N) is 2. The highest BCUT2D eigenvalue weighted by molar-refractivity contribution is 6.30. The quantitative estimate of drug-likeness (QED) is 0.251. The SMILES string of the molecule is Clc1cccc(-c2cccc(Oc3ccc(-c4nc5ccccc5n4C4CCCCC4)cc3)c2)c1. The van der Waals surface area contributed by atoms with E-state index in [2.05, 4.69) is 53.1 Å². The van der Waals surface area contributed by atoms with Gasteiger partial charge >= 0.3 is 0 Å². The topological polar surface area (TPSA) is 27.1 Å². The molecule has 0 aliphatic heterocycles. The monoisotopic (exact) mass is 478 g/mol. The van der Waals surface area contributed by atoms with Crippen LogP contribution >= 0.6 is 11.6 Å². The van der Waals surface area contributed by atoms with Crippen molar-refractivity contribution in [3.05, 3.63) is 102 Å². The second-order valence-electron chi connectivity index (χ2n) is 9.25. The molecule has 0 bridgehead atoms. The van der Waals surface area contributed by atoms with Gasteiger partial charge in [-0.1, -0.05) is 67.3 Å². The summed E-state index contributed by atoms with van der Waals surface area (Å²) < 4.78 is 8.68. The Morgan fingerprint density at radius 1 is 0.686 bits per heavy atom. The van der Waals surface area contributed by atoms with Gasteiger partial charge in [-0.05, 0) is 84.6 Å². The molecule has 3 nitrogen and oxygen atoms in total. The molecule has 4 heteroatoms. The predicted molar refractivity (Wildman–Crippen MR) is 144 cm³/mol. The van der Waals surface area contributed by atoms with E-state index in [9.17, 15) is 0 Å². The maximum atomic E-state index is 6.21. The third-order valence-electron chi connectivity index (χ3n) is 6.88. The average Bonchev–Trinajstić information content (AvgIpc) is 3.29. The van der Waals surface area contributed by atoms with Gasteiger partial charge < -0.3 is 9.30 Å². The standard InChI is InChI=1S/C31H27ClN2O/c32-25-10-6-8-23(20-25)24-9-7-13-28(21-24)35-27-18-16-22(17-19-27)31-33-29-14-4-5-15-30(29)34(31)26-11-2-1-3-12-26/h4-10,13-21,26H,1-3,11-12H2. The van der Waals surface area contributed by atoms with Crippen molar-refractivity contribution >= 4 is 22.6 Å². The zero-order valence-corrected chi connectivity index (χ0v) is 20.3. The lowest BCUT2D eigenvalue weighted by Crippen LogP contribution is -2.13. The Bertz CT molecular complexity index is 1470. The van der Waals surface area contributed by atoms with Crippen LogP contribution in [0, 0.1) is 0 Å². The highest BCUT2D eigenvalue weighted by Crippen LogP contribution is 2.36. The number of fused-ring (bicyclic) bond motifs is 1. The second-order valence-corrected chi connectivity index (χ2v) is 9.69. The van der Waals surface area contributed by atoms with Crippen LogP contribution in [0.2, 0.25) is 5.02 Å². The van der Waals surface area contributed by atoms with Crippen molar-refractivity contribution in [1.29, 1.82) is 0 Å². The number of para-hydroxylation sites is 2. The van der Waals surface area contributed by atoms with E-state index in [0.29, 0.717) is 6.04 Å². The minimum Gasteiger partial charge on any atom is -0.457 e. The Balaban J connectivity index is 1.29. The maximum Gasteiger partial charge on any atom is 0.141 e. The first-order chi connectivity index (χ1) is 17.2. The summed E-state index contributed by atoms with van der Waals surface area (Å²) in [4.78, 5) is 5.04. The zero-order chi connectivity index (χ0) is 23.6. The van der Waals surface area contributed by atoms with E-state index >= 15 is 0 Å². The van der Waals surface area contributed by atoms with Crippen LogP contribution in [0.5, 0.6) is 11.5 Å². The summed E-state index contributed by atoms with van der Waals surface area (Å²) in [7, 11) is 0. The third-order valence-corrected chi connectivity index (χ3v) is 7.11. The van der Waals surface area contributed by atoms with Gasteiger partial charge in [0.2, 0.25) is 0 Å². The molecule has 0 unspecified atom stereocenters. The third kappa shape index (κ3) is 4.56. The zero-order valence-electron chi connectivity index (χ0n) is 19.5. The van der Waals surface area contributed by atoms with Crippen LogP contribution in [0.1, 0.15) is 38.1 Å². The molecule has 1 fully saturated rings. The molecule has 1 heterocycles. The van der Waals surface area contributed by atoms with E-state index in [1.165, 1.54) is 37.6 Å². The molecule has 0 saturated heterocycles. The Labute approximate surface area is 211 Å². The van der Waals surface area contributed by atoms with Crippen molar-refractivity contribution in [1.82, 2.24) is 9.55 Å². The van der Waals surface area contributed by atoms with E-state index in [0.717, 1.165) is 44.6 Å². The van der Waals surface area contributed by atoms with E-state index in [4.69, 9.17) is 21.3 Å². The number of ether oxygens (including phenoxy) is 1. The van der Waals surface area contributed by atoms with Gasteiger partial charge in [-0.2, -0.15) is 0 Å². The fourth-order valence-electron chi connectivity index (χ4n) is 5.17. The molecule has 6 rings (SSSR count). The van der Waals surface area contributed by atoms with E-state index < -0.39 is 0 Å². The van der Waals surface area contributed by atoms with Crippen LogP contribution in [0.4, 0.5) is 0 Å². The Morgan fingerprint density at radius 3 is 2.23 bits per heavy atom. The maximum absolute atomic E-state index is 6.21. The molecule has 0 N–H and O–H groups in total. The minimum atomic E-state index is 0.510. The normalized spacial score (nSPS) is 14.3. The van der Waals surface area contributed by atoms with Crippen molar-refractivity contribution in [3.63, 3.8) is 0 Å². The van der Waals surface area contributed by atoms with Gasteiger partial charge in [-0.3, -0.25) is 0 Å². The molecule has 0 amide bonds. The smallest absolute Gasteiger partial charge is 0.141 e. The number of rotatable bonds is 5. The summed E-state index contributed by atoms with van der Waals surface area (Å²) in [5.41, 5.74) is 5.55. The Hall–Kier alpha value is -3.56. The van der Waals surface area contributed by atoms with Gasteiger partial charge in [-0.25, -0.2) is 4.98 Å². The highest BCUT2D eigenvalue weighted by Gasteiger charge is 2.22. The Morgan fingerprint density at radius 2 is 1.43 bits per heavy atom. The van der Waals surface area contributed by atoms with Crippen LogP contribution in [0.25, 0.3) is 33.5 Å². The molecule has 1 saturated carbocycles. The molecule has 0 radical (unpaired) electrons. The van der Waals surface area contributed by atoms with Gasteiger partial charge in [0.25, 0.3) is 0 Å². The molecule has 174 valence electrons. The number of hydrogen-bond donors (Lipinski definition) is 0. The summed E-state index contributed by atoms with van der Waals surface area (Å²) in [6.45, 7) is 0. The minimum absolute atomic E-state index is 0.510. The molecule has 5 aromatic rings. The molecule has 0 atom stereocenters. The lowest BCUT2D eigenvalue weighted by molar-refractivity contribution is 0.362. The number of imidazole rings is 1. The summed E-state index contributed by atoms with van der Waals surface area (Å²) in [5.74, 6) is 2.65. The molecule has 1 aliphatic rings. The lowest BCUT2D eigenvalue weighted by Gasteiger charge is -2.25. The lowest BCUT2D eigenvalue weighted by atomic mass is 9.95. The predicted octanol–water partition coefficient (Wildman–Crippen LogP) is 9.32. The summed E-state index contributed by atoms with van der Waals surface area (Å²) in [6, 6.07) is 33.3. The summed E-state index contributed by atoms with van der Waals surface area (Å²) in [6.07, 6.45) is 6.35. The highest BCUT2D eigenvalue weighted by atomic mass is 35.5. The molecule has 0 spiro atoms. The first-order valence-electron chi connectivity index (χ1n) is 12.4. The van der Waals surface area contributed by atoms with Crippen molar-refractivity contribution in [3.8, 4) is 34.0 Å². The van der Waals surface area contributed by atoms with Crippen LogP contribution in [0.15, 0.2) is 97.1 Å². The molecular weight excluding hydrogens is 452 g/mol. The molecule has 1 aromatic heterocycles. The first kappa shape index (κ1) is 21.9. The fraction of sp³-hybridized carbons (Fsp3) is 0.194. The summed E-state index contributed by atoms with van der Waals surface area (Å²) >= 11 is 6.18. The largest absolute Gasteiger partial charge is 0.457 e. The summed E-state index contributed by atoms with van der Waals surface area (Å²) in [5, 5.41) is 0.726. The molecule has 35 heavy (non-hydrogen) atoms. The fourth-order valence-corrected chi connectivity index (χ4v) is 5.36. The number of benzene rings is 4. The first-order valence-corrected chi connectivity index (χ1v) is 12.7. The van der Waals surface area contributed by atoms with E-state index in [-0.39, 0.29) is 0 Å². The van der Waals surface area contributed by atoms with Crippen LogP contribution in [-0.4, -0.2) is 9.55 Å². The van der Waals surface area contributed by atoms with Gasteiger partial charge in [0.1, 0.15) is 17.3 Å². The Kier molecular flexibility index (Phi) is 6.01. The second kappa shape index (κ2) is 9.59. The van der Waals surface area contributed by atoms with Crippen molar-refractivity contribution in [2.75, 3.05) is 0 Å². The van der Waals surface area contributed by atoms with Gasteiger partial charge in [-0.15, -0.1) is 0 Å². The van der Waals surface area contributed by atoms with Crippen molar-refractivity contribution in [2.24, 2.45) is 0 Å². The number of halogens is 1. The number of aromatic nitrogens is 2. The molecule has 1 aliphatic carbocycles. The molecule has 4 aromatic carbocycles. The average molecular weight is 479 g/mol. The van der Waals surface area contributed by atoms with Crippen LogP contribution in [-0.2, 0) is 0 Å². The van der Waals surface area contributed by atoms with Crippen LogP contribution in [0.3, 0.4) is 0 Å². The van der Waals surface area contributed by atoms with Gasteiger partial charge in [0, 0.05) is 16.6 Å². The van der Waals surface area contributed by atoms with Crippen molar-refractivity contribution in [2.45, 2.75) is 38.1 Å². The van der Waals surface area contributed by atoms with Gasteiger partial charge in [0.15, 0.2) is 0 Å². The number of hydrogen-bond acceptors (Lipinski definition) is 2. The van der Waals surface area contributed by atoms with Crippen molar-refractivity contribution < 1.29 is 4.74 Å². The van der Waals surface area contributed by atoms with E-state index in [1.807, 2.05) is 48.5 Å². The van der Waals surface area contributed by atoms with Crippen LogP contribution < -0.4 is 4.74 Å². The molecular formula is C31H27ClN2O.